The summed E-state index contributed by atoms with van der Waals surface area (Å²) in [4.78, 5) is 0. The lowest BCUT2D eigenvalue weighted by Crippen LogP contribution is -2.31. The number of ether oxygens (including phenoxy) is 2. The maximum absolute atomic E-state index is 5.58. The van der Waals surface area contributed by atoms with Crippen molar-refractivity contribution in [1.82, 2.24) is 5.43 Å². The topological polar surface area (TPSA) is 56.5 Å². The number of hydrogen-bond donors (Lipinski definition) is 2. The molecule has 1 atom stereocenters. The zero-order chi connectivity index (χ0) is 12.7. The summed E-state index contributed by atoms with van der Waals surface area (Å²) in [6, 6.07) is 7.92. The third-order valence-corrected chi connectivity index (χ3v) is 2.34. The molecule has 96 valence electrons. The lowest BCUT2D eigenvalue weighted by molar-refractivity contribution is 0.123. The molecule has 1 aromatic carbocycles. The molecule has 0 aliphatic rings. The van der Waals surface area contributed by atoms with Crippen molar-refractivity contribution in [1.29, 1.82) is 0 Å². The van der Waals surface area contributed by atoms with Crippen LogP contribution >= 0.6 is 0 Å². The number of hydrazine groups is 1. The minimum Gasteiger partial charge on any atom is -0.491 e. The van der Waals surface area contributed by atoms with Crippen molar-refractivity contribution >= 4 is 0 Å². The molecular weight excluding hydrogens is 216 g/mol. The van der Waals surface area contributed by atoms with Gasteiger partial charge in [-0.05, 0) is 38.5 Å². The molecule has 0 saturated carbocycles. The van der Waals surface area contributed by atoms with E-state index in [2.05, 4.69) is 5.43 Å². The van der Waals surface area contributed by atoms with Crippen molar-refractivity contribution in [2.75, 3.05) is 13.2 Å². The molecule has 4 heteroatoms. The van der Waals surface area contributed by atoms with Crippen molar-refractivity contribution in [2.45, 2.75) is 32.9 Å². The van der Waals surface area contributed by atoms with E-state index in [-0.39, 0.29) is 12.1 Å². The number of rotatable bonds is 7. The molecular formula is C13H22N2O2. The van der Waals surface area contributed by atoms with Gasteiger partial charge in [0.05, 0.1) is 18.8 Å². The van der Waals surface area contributed by atoms with E-state index < -0.39 is 0 Å². The normalized spacial score (nSPS) is 12.8. The fraction of sp³-hybridized carbons (Fsp3) is 0.538. The summed E-state index contributed by atoms with van der Waals surface area (Å²) in [7, 11) is 0. The van der Waals surface area contributed by atoms with Gasteiger partial charge in [0.15, 0.2) is 0 Å². The van der Waals surface area contributed by atoms with Crippen LogP contribution in [0, 0.1) is 0 Å². The first-order valence-electron chi connectivity index (χ1n) is 5.97. The van der Waals surface area contributed by atoms with E-state index in [1.807, 2.05) is 45.0 Å². The van der Waals surface area contributed by atoms with Gasteiger partial charge in [-0.15, -0.1) is 0 Å². The van der Waals surface area contributed by atoms with Crippen LogP contribution in [0.5, 0.6) is 5.75 Å². The van der Waals surface area contributed by atoms with Crippen LogP contribution in [0.2, 0.25) is 0 Å². The highest BCUT2D eigenvalue weighted by Crippen LogP contribution is 2.18. The van der Waals surface area contributed by atoms with Gasteiger partial charge in [-0.3, -0.25) is 11.3 Å². The van der Waals surface area contributed by atoms with Gasteiger partial charge in [0.25, 0.3) is 0 Å². The first kappa shape index (κ1) is 14.0. The summed E-state index contributed by atoms with van der Waals surface area (Å²) in [5.74, 6) is 6.37. The van der Waals surface area contributed by atoms with Crippen LogP contribution in [0.4, 0.5) is 0 Å². The Morgan fingerprint density at radius 2 is 1.88 bits per heavy atom. The smallest absolute Gasteiger partial charge is 0.119 e. The Labute approximate surface area is 103 Å². The van der Waals surface area contributed by atoms with Gasteiger partial charge < -0.3 is 9.47 Å². The van der Waals surface area contributed by atoms with E-state index in [1.54, 1.807) is 0 Å². The molecule has 0 spiro atoms. The quantitative estimate of drug-likeness (QED) is 0.563. The highest BCUT2D eigenvalue weighted by molar-refractivity contribution is 5.29. The number of nitrogens with two attached hydrogens (primary N) is 1. The lowest BCUT2D eigenvalue weighted by atomic mass is 10.1. The molecule has 1 unspecified atom stereocenters. The van der Waals surface area contributed by atoms with E-state index in [9.17, 15) is 0 Å². The summed E-state index contributed by atoms with van der Waals surface area (Å²) in [5.41, 5.74) is 3.84. The first-order chi connectivity index (χ1) is 8.17. The highest BCUT2D eigenvalue weighted by atomic mass is 16.5. The minimum atomic E-state index is 0.0167. The molecule has 0 aliphatic heterocycles. The van der Waals surface area contributed by atoms with Crippen LogP contribution in [0.1, 0.15) is 32.4 Å². The Morgan fingerprint density at radius 3 is 2.35 bits per heavy atom. The zero-order valence-electron chi connectivity index (χ0n) is 10.8. The standard InChI is InChI=1S/C13H22N2O2/c1-4-16-9-13(15-14)11-5-7-12(8-6-11)17-10(2)3/h5-8,10,13,15H,4,9,14H2,1-3H3. The average Bonchev–Trinajstić information content (AvgIpc) is 2.31. The summed E-state index contributed by atoms with van der Waals surface area (Å²) in [5, 5.41) is 0. The third kappa shape index (κ3) is 4.73. The number of hydrogen-bond acceptors (Lipinski definition) is 4. The fourth-order valence-electron chi connectivity index (χ4n) is 1.53. The molecule has 4 nitrogen and oxygen atoms in total. The maximum Gasteiger partial charge on any atom is 0.119 e. The highest BCUT2D eigenvalue weighted by Gasteiger charge is 2.09. The third-order valence-electron chi connectivity index (χ3n) is 2.34. The molecule has 17 heavy (non-hydrogen) atoms. The largest absolute Gasteiger partial charge is 0.491 e. The van der Waals surface area contributed by atoms with Gasteiger partial charge in [-0.2, -0.15) is 0 Å². The van der Waals surface area contributed by atoms with Crippen LogP contribution in [-0.4, -0.2) is 19.3 Å². The second kappa shape index (κ2) is 7.27. The van der Waals surface area contributed by atoms with Gasteiger partial charge in [0, 0.05) is 6.61 Å². The Balaban J connectivity index is 2.64. The van der Waals surface area contributed by atoms with Crippen LogP contribution < -0.4 is 16.0 Å². The van der Waals surface area contributed by atoms with Crippen molar-refractivity contribution in [3.05, 3.63) is 29.8 Å². The second-order valence-corrected chi connectivity index (χ2v) is 4.11. The van der Waals surface area contributed by atoms with E-state index in [1.165, 1.54) is 0 Å². The number of nitrogens with one attached hydrogen (secondary N) is 1. The minimum absolute atomic E-state index is 0.0167. The first-order valence-corrected chi connectivity index (χ1v) is 5.97. The molecule has 0 aromatic heterocycles. The van der Waals surface area contributed by atoms with Gasteiger partial charge in [0.1, 0.15) is 5.75 Å². The van der Waals surface area contributed by atoms with Crippen molar-refractivity contribution in [3.8, 4) is 5.75 Å². The van der Waals surface area contributed by atoms with Crippen molar-refractivity contribution in [3.63, 3.8) is 0 Å². The summed E-state index contributed by atoms with van der Waals surface area (Å²) >= 11 is 0. The molecule has 1 aromatic rings. The predicted octanol–water partition coefficient (Wildman–Crippen LogP) is 2.01. The van der Waals surface area contributed by atoms with Gasteiger partial charge >= 0.3 is 0 Å². The van der Waals surface area contributed by atoms with E-state index in [0.29, 0.717) is 13.2 Å². The van der Waals surface area contributed by atoms with Gasteiger partial charge in [-0.25, -0.2) is 0 Å². The maximum atomic E-state index is 5.58. The van der Waals surface area contributed by atoms with Crippen molar-refractivity contribution < 1.29 is 9.47 Å². The van der Waals surface area contributed by atoms with Gasteiger partial charge in [-0.1, -0.05) is 12.1 Å². The van der Waals surface area contributed by atoms with Crippen LogP contribution in [0.15, 0.2) is 24.3 Å². The molecule has 0 fully saturated rings. The second-order valence-electron chi connectivity index (χ2n) is 4.11. The van der Waals surface area contributed by atoms with E-state index >= 15 is 0 Å². The predicted molar refractivity (Wildman–Crippen MR) is 68.8 cm³/mol. The lowest BCUT2D eigenvalue weighted by Gasteiger charge is -2.17. The Kier molecular flexibility index (Phi) is 5.97. The summed E-state index contributed by atoms with van der Waals surface area (Å²) in [6.45, 7) is 7.23. The average molecular weight is 238 g/mol. The Hall–Kier alpha value is -1.10. The number of benzene rings is 1. The SMILES string of the molecule is CCOCC(NN)c1ccc(OC(C)C)cc1. The van der Waals surface area contributed by atoms with E-state index in [0.717, 1.165) is 11.3 Å². The summed E-state index contributed by atoms with van der Waals surface area (Å²) in [6.07, 6.45) is 0.188. The van der Waals surface area contributed by atoms with E-state index in [4.69, 9.17) is 15.3 Å². The zero-order valence-corrected chi connectivity index (χ0v) is 10.8. The molecule has 0 heterocycles. The molecule has 0 saturated heterocycles. The molecule has 0 bridgehead atoms. The van der Waals surface area contributed by atoms with Crippen LogP contribution in [0.3, 0.4) is 0 Å². The monoisotopic (exact) mass is 238 g/mol. The molecule has 3 N–H and O–H groups in total. The Morgan fingerprint density at radius 1 is 1.24 bits per heavy atom. The molecule has 1 rings (SSSR count). The molecule has 0 amide bonds. The fourth-order valence-corrected chi connectivity index (χ4v) is 1.53. The van der Waals surface area contributed by atoms with Crippen LogP contribution in [-0.2, 0) is 4.74 Å². The van der Waals surface area contributed by atoms with Gasteiger partial charge in [0.2, 0.25) is 0 Å². The van der Waals surface area contributed by atoms with Crippen molar-refractivity contribution in [2.24, 2.45) is 5.84 Å². The van der Waals surface area contributed by atoms with Crippen LogP contribution in [0.25, 0.3) is 0 Å². The molecule has 0 aliphatic carbocycles. The summed E-state index contributed by atoms with van der Waals surface area (Å²) < 4.78 is 10.9. The molecule has 0 radical (unpaired) electrons. The Bertz CT molecular complexity index is 312.